The van der Waals surface area contributed by atoms with Crippen molar-refractivity contribution in [3.8, 4) is 11.1 Å². The molecular weight excluding hydrogens is 566 g/mol. The van der Waals surface area contributed by atoms with Crippen LogP contribution in [-0.4, -0.2) is 18.4 Å². The van der Waals surface area contributed by atoms with Crippen molar-refractivity contribution < 1.29 is 8.83 Å². The molecule has 0 fully saturated rings. The van der Waals surface area contributed by atoms with Crippen molar-refractivity contribution in [3.63, 3.8) is 0 Å². The average molecular weight is 592 g/mol. The summed E-state index contributed by atoms with van der Waals surface area (Å²) in [6, 6.07) is 44.8. The highest BCUT2D eigenvalue weighted by molar-refractivity contribution is 6.25. The molecule has 46 heavy (non-hydrogen) atoms. The van der Waals surface area contributed by atoms with Gasteiger partial charge in [-0.25, -0.2) is 9.98 Å². The first-order chi connectivity index (χ1) is 22.7. The number of nitrogens with zero attached hydrogens (tertiary/aromatic N) is 2. The minimum Gasteiger partial charge on any atom is -0.456 e. The predicted octanol–water partition coefficient (Wildman–Crippen LogP) is 10.9. The Kier molecular flexibility index (Phi) is 5.74. The van der Waals surface area contributed by atoms with Gasteiger partial charge in [0.1, 0.15) is 22.3 Å². The highest BCUT2D eigenvalue weighted by Gasteiger charge is 2.21. The quantitative estimate of drug-likeness (QED) is 0.126. The minimum absolute atomic E-state index is 0.101. The van der Waals surface area contributed by atoms with Crippen LogP contribution in [0.25, 0.3) is 76.5 Å². The van der Waals surface area contributed by atoms with Crippen molar-refractivity contribution in [1.82, 2.24) is 0 Å². The molecule has 0 atom stereocenters. The van der Waals surface area contributed by atoms with Gasteiger partial charge in [0.2, 0.25) is 0 Å². The Morgan fingerprint density at radius 3 is 2.04 bits per heavy atom. The molecule has 0 aliphatic carbocycles. The van der Waals surface area contributed by atoms with Crippen LogP contribution in [0.3, 0.4) is 0 Å². The highest BCUT2D eigenvalue weighted by atomic mass is 16.3. The van der Waals surface area contributed by atoms with Gasteiger partial charge in [-0.15, -0.1) is 0 Å². The summed E-state index contributed by atoms with van der Waals surface area (Å²) in [5, 5.41) is 17.6. The molecule has 0 bridgehead atoms. The lowest BCUT2D eigenvalue weighted by Crippen LogP contribution is -2.06. The van der Waals surface area contributed by atoms with Crippen LogP contribution in [0.5, 0.6) is 0 Å². The summed E-state index contributed by atoms with van der Waals surface area (Å²) in [4.78, 5) is 9.29. The fourth-order valence-electron chi connectivity index (χ4n) is 6.68. The molecule has 7 aromatic carbocycles. The van der Waals surface area contributed by atoms with Gasteiger partial charge in [0, 0.05) is 32.7 Å². The summed E-state index contributed by atoms with van der Waals surface area (Å²) in [7, 11) is 0. The van der Waals surface area contributed by atoms with E-state index in [4.69, 9.17) is 19.2 Å². The van der Waals surface area contributed by atoms with Gasteiger partial charge in [0.25, 0.3) is 0 Å². The maximum atomic E-state index is 9.13. The smallest absolute Gasteiger partial charge is 0.162 e. The van der Waals surface area contributed by atoms with Crippen molar-refractivity contribution in [1.29, 1.82) is 5.41 Å². The largest absolute Gasteiger partial charge is 0.456 e. The second-order valence-corrected chi connectivity index (χ2v) is 11.4. The Morgan fingerprint density at radius 1 is 0.543 bits per heavy atom. The van der Waals surface area contributed by atoms with E-state index in [1.807, 2.05) is 78.9 Å². The molecule has 2 heterocycles. The van der Waals surface area contributed by atoms with Gasteiger partial charge < -0.3 is 8.83 Å². The standard InChI is InChI=1S/C41H25N3O2/c1-43-41(44-40(42)27-16-18-29-25(22-27)15-14-24-8-2-3-9-28(24)29)39-30(19-21-37-38(39)32-11-5-7-13-35(32)46-37)26-17-20-36-33(23-26)31-10-4-6-12-34(31)45-36/h2-23,42H,1H2/b42-40?,44-41-. The van der Waals surface area contributed by atoms with E-state index in [2.05, 4.69) is 66.3 Å². The lowest BCUT2D eigenvalue weighted by molar-refractivity contribution is 0.668. The predicted molar refractivity (Wildman–Crippen MR) is 191 cm³/mol. The molecule has 2 aromatic heterocycles. The Morgan fingerprint density at radius 2 is 1.20 bits per heavy atom. The lowest BCUT2D eigenvalue weighted by atomic mass is 9.93. The van der Waals surface area contributed by atoms with Gasteiger partial charge in [0.15, 0.2) is 11.7 Å². The van der Waals surface area contributed by atoms with E-state index in [9.17, 15) is 0 Å². The number of hydrogen-bond acceptors (Lipinski definition) is 3. The fraction of sp³-hybridized carbons (Fsp3) is 0. The highest BCUT2D eigenvalue weighted by Crippen LogP contribution is 2.40. The zero-order valence-corrected chi connectivity index (χ0v) is 24.6. The number of benzene rings is 7. The van der Waals surface area contributed by atoms with Gasteiger partial charge in [-0.1, -0.05) is 91.0 Å². The van der Waals surface area contributed by atoms with Crippen LogP contribution < -0.4 is 0 Å². The minimum atomic E-state index is 0.101. The molecule has 216 valence electrons. The van der Waals surface area contributed by atoms with Crippen LogP contribution >= 0.6 is 0 Å². The van der Waals surface area contributed by atoms with Crippen LogP contribution in [0, 0.1) is 5.41 Å². The molecule has 0 saturated heterocycles. The van der Waals surface area contributed by atoms with Crippen LogP contribution in [0.2, 0.25) is 0 Å². The lowest BCUT2D eigenvalue weighted by Gasteiger charge is -2.12. The molecule has 0 saturated carbocycles. The Balaban J connectivity index is 1.26. The van der Waals surface area contributed by atoms with Crippen molar-refractivity contribution >= 4 is 83.8 Å². The summed E-state index contributed by atoms with van der Waals surface area (Å²) < 4.78 is 12.4. The van der Waals surface area contributed by atoms with Crippen LogP contribution in [0.15, 0.2) is 152 Å². The fourth-order valence-corrected chi connectivity index (χ4v) is 6.68. The van der Waals surface area contributed by atoms with Crippen molar-refractivity contribution in [2.45, 2.75) is 0 Å². The first-order valence-corrected chi connectivity index (χ1v) is 15.1. The van der Waals surface area contributed by atoms with Crippen molar-refractivity contribution in [2.24, 2.45) is 9.98 Å². The molecule has 5 nitrogen and oxygen atoms in total. The first kappa shape index (κ1) is 26.1. The van der Waals surface area contributed by atoms with E-state index < -0.39 is 0 Å². The van der Waals surface area contributed by atoms with Crippen LogP contribution in [-0.2, 0) is 0 Å². The summed E-state index contributed by atoms with van der Waals surface area (Å²) in [5.74, 6) is 0.456. The normalized spacial score (nSPS) is 12.2. The number of furan rings is 2. The van der Waals surface area contributed by atoms with E-state index >= 15 is 0 Å². The molecule has 0 aliphatic heterocycles. The van der Waals surface area contributed by atoms with Crippen molar-refractivity contribution in [2.75, 3.05) is 0 Å². The summed E-state index contributed by atoms with van der Waals surface area (Å²) in [5.41, 5.74) is 6.50. The molecule has 0 aliphatic rings. The van der Waals surface area contributed by atoms with Gasteiger partial charge in [0.05, 0.1) is 0 Å². The zero-order chi connectivity index (χ0) is 30.8. The van der Waals surface area contributed by atoms with E-state index in [1.54, 1.807) is 0 Å². The number of nitrogens with one attached hydrogen (secondary N) is 1. The summed E-state index contributed by atoms with van der Waals surface area (Å²) >= 11 is 0. The third kappa shape index (κ3) is 3.99. The second kappa shape index (κ2) is 10.1. The molecule has 0 amide bonds. The average Bonchev–Trinajstić information content (AvgIpc) is 3.68. The molecule has 1 N–H and O–H groups in total. The number of rotatable bonds is 3. The zero-order valence-electron chi connectivity index (χ0n) is 24.6. The molecule has 9 rings (SSSR count). The number of hydrogen-bond donors (Lipinski definition) is 1. The first-order valence-electron chi connectivity index (χ1n) is 15.1. The summed E-state index contributed by atoms with van der Waals surface area (Å²) in [6.45, 7) is 3.93. The molecule has 0 radical (unpaired) electrons. The molecule has 0 spiro atoms. The van der Waals surface area contributed by atoms with Gasteiger partial charge in [-0.05, 0) is 81.9 Å². The number of fused-ring (bicyclic) bond motifs is 9. The summed E-state index contributed by atoms with van der Waals surface area (Å²) in [6.07, 6.45) is 0. The third-order valence-corrected chi connectivity index (χ3v) is 8.84. The number of aliphatic imine (C=N–C) groups is 2. The molecular formula is C41H25N3O2. The maximum absolute atomic E-state index is 9.13. The Hall–Kier alpha value is -6.33. The molecule has 0 unspecified atom stereocenters. The topological polar surface area (TPSA) is 74.8 Å². The second-order valence-electron chi connectivity index (χ2n) is 11.4. The van der Waals surface area contributed by atoms with E-state index in [-0.39, 0.29) is 5.84 Å². The van der Waals surface area contributed by atoms with Gasteiger partial charge in [-0.2, -0.15) is 0 Å². The van der Waals surface area contributed by atoms with E-state index in [0.717, 1.165) is 71.3 Å². The van der Waals surface area contributed by atoms with Crippen LogP contribution in [0.1, 0.15) is 11.1 Å². The van der Waals surface area contributed by atoms with Crippen molar-refractivity contribution in [3.05, 3.63) is 145 Å². The van der Waals surface area contributed by atoms with Gasteiger partial charge >= 0.3 is 0 Å². The monoisotopic (exact) mass is 591 g/mol. The Bertz CT molecular complexity index is 2750. The van der Waals surface area contributed by atoms with E-state index in [1.165, 1.54) is 10.8 Å². The van der Waals surface area contributed by atoms with E-state index in [0.29, 0.717) is 11.4 Å². The van der Waals surface area contributed by atoms with Gasteiger partial charge in [-0.3, -0.25) is 5.41 Å². The SMILES string of the molecule is C=N/C(=N\C(=N)c1ccc2c(ccc3ccccc32)c1)c1c(-c2ccc3oc4ccccc4c3c2)ccc2oc3ccccc3c12. The molecule has 9 aromatic rings. The molecule has 5 heteroatoms. The third-order valence-electron chi connectivity index (χ3n) is 8.84. The van der Waals surface area contributed by atoms with Crippen LogP contribution in [0.4, 0.5) is 0 Å². The Labute approximate surface area is 263 Å². The number of para-hydroxylation sites is 2. The maximum Gasteiger partial charge on any atom is 0.162 e. The number of amidine groups is 2.